The number of halogens is 1. The van der Waals surface area contributed by atoms with E-state index in [-0.39, 0.29) is 23.9 Å². The van der Waals surface area contributed by atoms with E-state index in [4.69, 9.17) is 11.6 Å². The average Bonchev–Trinajstić information content (AvgIpc) is 3.13. The summed E-state index contributed by atoms with van der Waals surface area (Å²) >= 11 is 5.86. The van der Waals surface area contributed by atoms with Gasteiger partial charge in [-0.1, -0.05) is 23.7 Å². The number of carbonyl (C=O) groups excluding carboxylic acids is 1. The molecule has 2 aromatic heterocycles. The van der Waals surface area contributed by atoms with Gasteiger partial charge in [-0.2, -0.15) is 5.10 Å². The lowest BCUT2D eigenvalue weighted by molar-refractivity contribution is -0.386. The van der Waals surface area contributed by atoms with Gasteiger partial charge in [0.05, 0.1) is 11.5 Å². The van der Waals surface area contributed by atoms with Gasteiger partial charge in [-0.25, -0.2) is 9.67 Å². The summed E-state index contributed by atoms with van der Waals surface area (Å²) in [6, 6.07) is 7.31. The fourth-order valence-electron chi connectivity index (χ4n) is 2.61. The van der Waals surface area contributed by atoms with E-state index in [2.05, 4.69) is 20.5 Å². The molecule has 0 unspecified atom stereocenters. The summed E-state index contributed by atoms with van der Waals surface area (Å²) < 4.78 is 2.86. The lowest BCUT2D eigenvalue weighted by Gasteiger charge is -2.03. The van der Waals surface area contributed by atoms with Gasteiger partial charge in [0.15, 0.2) is 0 Å². The number of hydrogen-bond acceptors (Lipinski definition) is 6. The molecule has 0 saturated carbocycles. The van der Waals surface area contributed by atoms with Crippen molar-refractivity contribution in [2.24, 2.45) is 0 Å². The summed E-state index contributed by atoms with van der Waals surface area (Å²) in [4.78, 5) is 26.7. The molecule has 0 fully saturated rings. The van der Waals surface area contributed by atoms with Gasteiger partial charge in [0.2, 0.25) is 11.9 Å². The van der Waals surface area contributed by atoms with Gasteiger partial charge in [-0.05, 0) is 31.5 Å². The minimum atomic E-state index is -0.508. The number of nitro groups is 1. The molecule has 3 aromatic rings. The van der Waals surface area contributed by atoms with Crippen LogP contribution in [-0.2, 0) is 17.9 Å². The van der Waals surface area contributed by atoms with Crippen LogP contribution in [-0.4, -0.2) is 35.4 Å². The van der Waals surface area contributed by atoms with E-state index >= 15 is 0 Å². The minimum Gasteiger partial charge on any atom is -0.292 e. The number of rotatable bonds is 6. The molecule has 0 saturated heterocycles. The molecule has 27 heavy (non-hydrogen) atoms. The van der Waals surface area contributed by atoms with Crippen molar-refractivity contribution < 1.29 is 9.72 Å². The zero-order valence-electron chi connectivity index (χ0n) is 14.6. The number of nitrogens with one attached hydrogen (secondary N) is 1. The quantitative estimate of drug-likeness (QED) is 0.510. The molecule has 0 aliphatic rings. The van der Waals surface area contributed by atoms with E-state index in [1.165, 1.54) is 17.9 Å². The number of amides is 1. The van der Waals surface area contributed by atoms with Crippen LogP contribution < -0.4 is 5.32 Å². The topological polar surface area (TPSA) is 121 Å². The molecular formula is C16H16ClN7O3. The Balaban J connectivity index is 1.63. The minimum absolute atomic E-state index is 0.0897. The first-order valence-corrected chi connectivity index (χ1v) is 8.33. The lowest BCUT2D eigenvalue weighted by Crippen LogP contribution is -2.21. The van der Waals surface area contributed by atoms with Crippen LogP contribution in [0.4, 0.5) is 11.6 Å². The number of hydrogen-bond donors (Lipinski definition) is 1. The Morgan fingerprint density at radius 1 is 1.26 bits per heavy atom. The largest absolute Gasteiger partial charge is 0.312 e. The molecule has 1 aromatic carbocycles. The Hall–Kier alpha value is -3.27. The van der Waals surface area contributed by atoms with E-state index in [1.54, 1.807) is 23.7 Å². The van der Waals surface area contributed by atoms with Gasteiger partial charge in [0.1, 0.15) is 24.3 Å². The molecule has 1 amide bonds. The Kier molecular flexibility index (Phi) is 5.17. The van der Waals surface area contributed by atoms with E-state index in [1.807, 2.05) is 12.1 Å². The standard InChI is InChI=1S/C16H16ClN7O3/c1-10-15(24(26)27)11(2)23(20-10)8-14(25)19-16-18-9-22(21-16)7-12-3-5-13(17)6-4-12/h3-6,9H,7-8H2,1-2H3,(H,19,21,25). The number of nitrogens with zero attached hydrogens (tertiary/aromatic N) is 6. The van der Waals surface area contributed by atoms with Crippen LogP contribution in [0.25, 0.3) is 0 Å². The Bertz CT molecular complexity index is 994. The molecule has 3 rings (SSSR count). The molecule has 0 spiro atoms. The predicted octanol–water partition coefficient (Wildman–Crippen LogP) is 2.34. The molecule has 11 heteroatoms. The Morgan fingerprint density at radius 2 is 1.96 bits per heavy atom. The normalized spacial score (nSPS) is 10.8. The maximum atomic E-state index is 12.2. The molecule has 0 radical (unpaired) electrons. The van der Waals surface area contributed by atoms with Gasteiger partial charge in [0, 0.05) is 5.02 Å². The van der Waals surface area contributed by atoms with Crippen LogP contribution in [0.5, 0.6) is 0 Å². The maximum Gasteiger partial charge on any atom is 0.312 e. The van der Waals surface area contributed by atoms with E-state index in [9.17, 15) is 14.9 Å². The van der Waals surface area contributed by atoms with Crippen molar-refractivity contribution in [1.29, 1.82) is 0 Å². The summed E-state index contributed by atoms with van der Waals surface area (Å²) in [7, 11) is 0. The van der Waals surface area contributed by atoms with Crippen LogP contribution in [0, 0.1) is 24.0 Å². The molecule has 0 aliphatic carbocycles. The highest BCUT2D eigenvalue weighted by Crippen LogP contribution is 2.21. The number of aromatic nitrogens is 5. The molecule has 10 nitrogen and oxygen atoms in total. The molecule has 0 atom stereocenters. The van der Waals surface area contributed by atoms with Crippen molar-refractivity contribution in [3.63, 3.8) is 0 Å². The van der Waals surface area contributed by atoms with Crippen LogP contribution in [0.15, 0.2) is 30.6 Å². The second-order valence-corrected chi connectivity index (χ2v) is 6.31. The molecular weight excluding hydrogens is 374 g/mol. The first-order valence-electron chi connectivity index (χ1n) is 7.95. The maximum absolute atomic E-state index is 12.2. The summed E-state index contributed by atoms with van der Waals surface area (Å²) in [5, 5.41) is 22.5. The van der Waals surface area contributed by atoms with E-state index in [0.29, 0.717) is 17.3 Å². The SMILES string of the molecule is Cc1nn(CC(=O)Nc2ncn(Cc3ccc(Cl)cc3)n2)c(C)c1[N+](=O)[O-]. The van der Waals surface area contributed by atoms with Crippen LogP contribution in [0.3, 0.4) is 0 Å². The number of aryl methyl sites for hydroxylation is 1. The highest BCUT2D eigenvalue weighted by molar-refractivity contribution is 6.30. The van der Waals surface area contributed by atoms with Gasteiger partial charge in [0.25, 0.3) is 0 Å². The molecule has 1 N–H and O–H groups in total. The third-order valence-electron chi connectivity index (χ3n) is 3.86. The smallest absolute Gasteiger partial charge is 0.292 e. The fraction of sp³-hybridized carbons (Fsp3) is 0.250. The zero-order valence-corrected chi connectivity index (χ0v) is 15.3. The first kappa shape index (κ1) is 18.5. The fourth-order valence-corrected chi connectivity index (χ4v) is 2.74. The molecule has 2 heterocycles. The average molecular weight is 390 g/mol. The summed E-state index contributed by atoms with van der Waals surface area (Å²) in [6.45, 7) is 3.37. The van der Waals surface area contributed by atoms with Crippen molar-refractivity contribution in [1.82, 2.24) is 24.5 Å². The van der Waals surface area contributed by atoms with Gasteiger partial charge in [-0.15, -0.1) is 5.10 Å². The predicted molar refractivity (Wildman–Crippen MR) is 97.6 cm³/mol. The zero-order chi connectivity index (χ0) is 19.6. The van der Waals surface area contributed by atoms with Crippen LogP contribution in [0.2, 0.25) is 5.02 Å². The summed E-state index contributed by atoms with van der Waals surface area (Å²) in [5.41, 5.74) is 1.47. The van der Waals surface area contributed by atoms with Crippen LogP contribution >= 0.6 is 11.6 Å². The highest BCUT2D eigenvalue weighted by atomic mass is 35.5. The van der Waals surface area contributed by atoms with Crippen molar-refractivity contribution in [3.05, 3.63) is 62.7 Å². The van der Waals surface area contributed by atoms with Crippen LogP contribution in [0.1, 0.15) is 17.0 Å². The van der Waals surface area contributed by atoms with Crippen molar-refractivity contribution in [3.8, 4) is 0 Å². The molecule has 140 valence electrons. The number of carbonyl (C=O) groups is 1. The summed E-state index contributed by atoms with van der Waals surface area (Å²) in [5.74, 6) is -0.287. The lowest BCUT2D eigenvalue weighted by atomic mass is 10.2. The number of anilines is 1. The Labute approximate surface area is 158 Å². The number of benzene rings is 1. The third kappa shape index (κ3) is 4.29. The van der Waals surface area contributed by atoms with E-state index in [0.717, 1.165) is 5.56 Å². The van der Waals surface area contributed by atoms with Gasteiger partial charge in [-0.3, -0.25) is 24.9 Å². The first-order chi connectivity index (χ1) is 12.8. The summed E-state index contributed by atoms with van der Waals surface area (Å²) in [6.07, 6.45) is 1.50. The second-order valence-electron chi connectivity index (χ2n) is 5.87. The Morgan fingerprint density at radius 3 is 2.59 bits per heavy atom. The van der Waals surface area contributed by atoms with Gasteiger partial charge >= 0.3 is 5.69 Å². The molecule has 0 bridgehead atoms. The highest BCUT2D eigenvalue weighted by Gasteiger charge is 2.23. The van der Waals surface area contributed by atoms with Crippen molar-refractivity contribution in [2.45, 2.75) is 26.9 Å². The van der Waals surface area contributed by atoms with Gasteiger partial charge < -0.3 is 0 Å². The monoisotopic (exact) mass is 389 g/mol. The molecule has 0 aliphatic heterocycles. The van der Waals surface area contributed by atoms with Crippen molar-refractivity contribution >= 4 is 29.1 Å². The third-order valence-corrected chi connectivity index (χ3v) is 4.12. The van der Waals surface area contributed by atoms with Crippen molar-refractivity contribution in [2.75, 3.05) is 5.32 Å². The second kappa shape index (κ2) is 7.54. The van der Waals surface area contributed by atoms with E-state index < -0.39 is 10.8 Å².